The first-order chi connectivity index (χ1) is 11.5. The van der Waals surface area contributed by atoms with Crippen molar-refractivity contribution in [1.29, 1.82) is 0 Å². The molecule has 0 fully saturated rings. The molecule has 0 radical (unpaired) electrons. The van der Waals surface area contributed by atoms with Gasteiger partial charge in [-0.05, 0) is 17.5 Å². The molecule has 0 saturated carbocycles. The van der Waals surface area contributed by atoms with Crippen molar-refractivity contribution >= 4 is 11.9 Å². The largest absolute Gasteiger partial charge is 0.478 e. The highest BCUT2D eigenvalue weighted by Gasteiger charge is 2.43. The number of hydrogen-bond donors (Lipinski definition) is 2. The van der Waals surface area contributed by atoms with Gasteiger partial charge in [-0.1, -0.05) is 6.92 Å². The molecule has 0 saturated heterocycles. The minimum absolute atomic E-state index is 0.0618. The highest BCUT2D eigenvalue weighted by atomic mass is 19.1. The molecule has 3 heterocycles. The number of nitrogens with zero attached hydrogens (tertiary/aromatic N) is 1. The average Bonchev–Trinajstić information content (AvgIpc) is 2.93. The van der Waals surface area contributed by atoms with Gasteiger partial charge < -0.3 is 15.2 Å². The summed E-state index contributed by atoms with van der Waals surface area (Å²) in [6.45, 7) is 0.532. The monoisotopic (exact) mass is 336 g/mol. The van der Waals surface area contributed by atoms with Crippen LogP contribution < -0.4 is 5.32 Å². The van der Waals surface area contributed by atoms with Gasteiger partial charge >= 0.3 is 11.9 Å². The van der Waals surface area contributed by atoms with Crippen LogP contribution in [0.25, 0.3) is 0 Å². The Morgan fingerprint density at radius 3 is 2.88 bits per heavy atom. The van der Waals surface area contributed by atoms with Crippen LogP contribution in [0.2, 0.25) is 0 Å². The molecule has 0 aromatic carbocycles. The highest BCUT2D eigenvalue weighted by Crippen LogP contribution is 2.42. The van der Waals surface area contributed by atoms with E-state index < -0.39 is 30.3 Å². The number of alkyl halides is 1. The third-order valence-corrected chi connectivity index (χ3v) is 4.16. The minimum atomic E-state index is -1.39. The van der Waals surface area contributed by atoms with Crippen molar-refractivity contribution in [2.24, 2.45) is 0 Å². The van der Waals surface area contributed by atoms with Gasteiger partial charge in [0.2, 0.25) is 0 Å². The number of cyclic esters (lactones) is 1. The van der Waals surface area contributed by atoms with Gasteiger partial charge in [-0.25, -0.2) is 18.4 Å². The molecule has 24 heavy (non-hydrogen) atoms. The number of pyridine rings is 1. The SMILES string of the molecule is CCc1c(F)cncc1[C@H]1C(C(=O)O)=C(CF)NC2=C1C(=O)OC2. The van der Waals surface area contributed by atoms with Crippen LogP contribution in [0.5, 0.6) is 0 Å². The van der Waals surface area contributed by atoms with E-state index in [1.54, 1.807) is 6.92 Å². The normalized spacial score (nSPS) is 20.0. The maximum atomic E-state index is 14.1. The van der Waals surface area contributed by atoms with Gasteiger partial charge in [0.15, 0.2) is 0 Å². The quantitative estimate of drug-likeness (QED) is 0.812. The number of carbonyl (C=O) groups is 2. The molecule has 0 aliphatic carbocycles. The lowest BCUT2D eigenvalue weighted by atomic mass is 9.79. The zero-order chi connectivity index (χ0) is 17.4. The lowest BCUT2D eigenvalue weighted by Gasteiger charge is -2.28. The maximum Gasteiger partial charge on any atom is 0.337 e. The predicted molar refractivity (Wildman–Crippen MR) is 78.1 cm³/mol. The molecular weight excluding hydrogens is 322 g/mol. The Hall–Kier alpha value is -2.77. The fourth-order valence-corrected chi connectivity index (χ4v) is 3.15. The molecule has 0 unspecified atom stereocenters. The number of esters is 1. The van der Waals surface area contributed by atoms with Crippen molar-refractivity contribution in [2.45, 2.75) is 19.3 Å². The van der Waals surface area contributed by atoms with Gasteiger partial charge in [-0.15, -0.1) is 0 Å². The van der Waals surface area contributed by atoms with Gasteiger partial charge in [0.1, 0.15) is 19.1 Å². The van der Waals surface area contributed by atoms with Gasteiger partial charge in [-0.3, -0.25) is 4.98 Å². The van der Waals surface area contributed by atoms with Crippen LogP contribution in [-0.2, 0) is 20.7 Å². The van der Waals surface area contributed by atoms with Crippen LogP contribution >= 0.6 is 0 Å². The number of carbonyl (C=O) groups excluding carboxylic acids is 1. The summed E-state index contributed by atoms with van der Waals surface area (Å²) in [5.74, 6) is -3.82. The molecule has 3 rings (SSSR count). The zero-order valence-electron chi connectivity index (χ0n) is 12.7. The fourth-order valence-electron chi connectivity index (χ4n) is 3.15. The smallest absolute Gasteiger partial charge is 0.337 e. The molecule has 1 aromatic heterocycles. The Morgan fingerprint density at radius 1 is 1.50 bits per heavy atom. The number of nitrogens with one attached hydrogen (secondary N) is 1. The van der Waals surface area contributed by atoms with Crippen LogP contribution in [0.3, 0.4) is 0 Å². The van der Waals surface area contributed by atoms with E-state index in [4.69, 9.17) is 4.74 Å². The standard InChI is InChI=1S/C16H14F2N2O4/c1-2-7-8(4-19-5-9(7)18)12-13(15(21)22)10(3-17)20-11-6-24-16(23)14(11)12/h4-5,12,20H,2-3,6H2,1H3,(H,21,22)/t12-/m0/s1. The average molecular weight is 336 g/mol. The van der Waals surface area contributed by atoms with Gasteiger partial charge in [0.05, 0.1) is 34.7 Å². The zero-order valence-corrected chi connectivity index (χ0v) is 12.7. The Morgan fingerprint density at radius 2 is 2.25 bits per heavy atom. The van der Waals surface area contributed by atoms with E-state index in [1.165, 1.54) is 6.20 Å². The Kier molecular flexibility index (Phi) is 4.04. The van der Waals surface area contributed by atoms with Crippen LogP contribution in [0.1, 0.15) is 24.0 Å². The van der Waals surface area contributed by atoms with E-state index in [-0.39, 0.29) is 41.0 Å². The van der Waals surface area contributed by atoms with Crippen molar-refractivity contribution in [3.05, 3.63) is 51.9 Å². The molecule has 2 aliphatic rings. The second kappa shape index (κ2) is 6.03. The van der Waals surface area contributed by atoms with Crippen molar-refractivity contribution in [1.82, 2.24) is 10.3 Å². The lowest BCUT2D eigenvalue weighted by molar-refractivity contribution is -0.136. The first-order valence-electron chi connectivity index (χ1n) is 7.31. The van der Waals surface area contributed by atoms with Gasteiger partial charge in [-0.2, -0.15) is 0 Å². The molecular formula is C16H14F2N2O4. The minimum Gasteiger partial charge on any atom is -0.478 e. The first kappa shape index (κ1) is 16.1. The number of hydrogen-bond acceptors (Lipinski definition) is 5. The van der Waals surface area contributed by atoms with E-state index in [9.17, 15) is 23.5 Å². The molecule has 8 heteroatoms. The number of halogens is 2. The number of carboxylic acid groups (broad SMARTS) is 1. The first-order valence-corrected chi connectivity index (χ1v) is 7.31. The van der Waals surface area contributed by atoms with E-state index >= 15 is 0 Å². The van der Waals surface area contributed by atoms with Crippen molar-refractivity contribution < 1.29 is 28.2 Å². The van der Waals surface area contributed by atoms with E-state index in [2.05, 4.69) is 10.3 Å². The Bertz CT molecular complexity index is 801. The van der Waals surface area contributed by atoms with Gasteiger partial charge in [0, 0.05) is 6.20 Å². The predicted octanol–water partition coefficient (Wildman–Crippen LogP) is 1.59. The molecule has 0 spiro atoms. The molecule has 0 bridgehead atoms. The number of ether oxygens (including phenoxy) is 1. The molecule has 2 aliphatic heterocycles. The summed E-state index contributed by atoms with van der Waals surface area (Å²) in [6.07, 6.45) is 2.60. The fraction of sp³-hybridized carbons (Fsp3) is 0.312. The number of rotatable bonds is 4. The van der Waals surface area contributed by atoms with Crippen molar-refractivity contribution in [2.75, 3.05) is 13.3 Å². The number of aliphatic carboxylic acids is 1. The second-order valence-corrected chi connectivity index (χ2v) is 5.40. The number of dihydropyridines is 1. The molecule has 1 aromatic rings. The van der Waals surface area contributed by atoms with Crippen LogP contribution in [0.15, 0.2) is 34.9 Å². The van der Waals surface area contributed by atoms with E-state index in [0.717, 1.165) is 6.20 Å². The lowest BCUT2D eigenvalue weighted by Crippen LogP contribution is -2.31. The topological polar surface area (TPSA) is 88.5 Å². The summed E-state index contributed by atoms with van der Waals surface area (Å²) in [6, 6.07) is 0. The van der Waals surface area contributed by atoms with Crippen LogP contribution in [0.4, 0.5) is 8.78 Å². The maximum absolute atomic E-state index is 14.1. The Balaban J connectivity index is 2.29. The van der Waals surface area contributed by atoms with Crippen molar-refractivity contribution in [3.63, 3.8) is 0 Å². The molecule has 1 atom stereocenters. The highest BCUT2D eigenvalue weighted by molar-refractivity contribution is 6.00. The van der Waals surface area contributed by atoms with Gasteiger partial charge in [0.25, 0.3) is 0 Å². The summed E-state index contributed by atoms with van der Waals surface area (Å²) in [4.78, 5) is 27.6. The summed E-state index contributed by atoms with van der Waals surface area (Å²) in [5.41, 5.74) is 0.322. The number of aromatic nitrogens is 1. The summed E-state index contributed by atoms with van der Waals surface area (Å²) >= 11 is 0. The number of allylic oxidation sites excluding steroid dienone is 1. The summed E-state index contributed by atoms with van der Waals surface area (Å²) in [7, 11) is 0. The molecule has 0 amide bonds. The molecule has 2 N–H and O–H groups in total. The summed E-state index contributed by atoms with van der Waals surface area (Å²) < 4.78 is 32.4. The second-order valence-electron chi connectivity index (χ2n) is 5.40. The third kappa shape index (κ3) is 2.34. The van der Waals surface area contributed by atoms with Crippen LogP contribution in [0, 0.1) is 5.82 Å². The number of carboxylic acids is 1. The molecule has 6 nitrogen and oxygen atoms in total. The van der Waals surface area contributed by atoms with Crippen LogP contribution in [-0.4, -0.2) is 35.3 Å². The third-order valence-electron chi connectivity index (χ3n) is 4.16. The Labute approximate surface area is 135 Å². The van der Waals surface area contributed by atoms with Crippen molar-refractivity contribution in [3.8, 4) is 0 Å². The summed E-state index contributed by atoms with van der Waals surface area (Å²) in [5, 5.41) is 12.2. The molecule has 126 valence electrons. The van der Waals surface area contributed by atoms with E-state index in [1.807, 2.05) is 0 Å². The van der Waals surface area contributed by atoms with E-state index in [0.29, 0.717) is 5.70 Å².